The first-order valence-electron chi connectivity index (χ1n) is 5.49. The summed E-state index contributed by atoms with van der Waals surface area (Å²) in [6.45, 7) is 1.95. The lowest BCUT2D eigenvalue weighted by Gasteiger charge is -2.08. The number of amides is 1. The van der Waals surface area contributed by atoms with E-state index in [-0.39, 0.29) is 5.91 Å². The standard InChI is InChI=1S/C14H10Br2ClNO/c1-8-2-3-13(12(17)4-8)18-14(19)9-5-10(15)7-11(16)6-9/h2-7H,1H3,(H,18,19). The van der Waals surface area contributed by atoms with E-state index in [4.69, 9.17) is 11.6 Å². The number of hydrogen-bond donors (Lipinski definition) is 1. The summed E-state index contributed by atoms with van der Waals surface area (Å²) in [6.07, 6.45) is 0. The predicted octanol–water partition coefficient (Wildman–Crippen LogP) is 5.43. The summed E-state index contributed by atoms with van der Waals surface area (Å²) in [5.41, 5.74) is 2.21. The zero-order valence-electron chi connectivity index (χ0n) is 10.0. The van der Waals surface area contributed by atoms with Crippen LogP contribution in [0.3, 0.4) is 0 Å². The van der Waals surface area contributed by atoms with Crippen LogP contribution in [0.4, 0.5) is 5.69 Å². The highest BCUT2D eigenvalue weighted by atomic mass is 79.9. The van der Waals surface area contributed by atoms with E-state index in [9.17, 15) is 4.79 Å². The zero-order chi connectivity index (χ0) is 14.0. The Bertz CT molecular complexity index is 623. The molecule has 2 aromatic rings. The predicted molar refractivity (Wildman–Crippen MR) is 86.0 cm³/mol. The van der Waals surface area contributed by atoms with Gasteiger partial charge < -0.3 is 5.32 Å². The third-order valence-corrected chi connectivity index (χ3v) is 3.73. The molecule has 0 saturated carbocycles. The summed E-state index contributed by atoms with van der Waals surface area (Å²) in [7, 11) is 0. The molecule has 0 unspecified atom stereocenters. The Hall–Kier alpha value is -0.840. The molecule has 0 saturated heterocycles. The van der Waals surface area contributed by atoms with Crippen molar-refractivity contribution in [2.24, 2.45) is 0 Å². The fraction of sp³-hybridized carbons (Fsp3) is 0.0714. The lowest BCUT2D eigenvalue weighted by atomic mass is 10.2. The highest BCUT2D eigenvalue weighted by Crippen LogP contribution is 2.25. The molecule has 0 fully saturated rings. The highest BCUT2D eigenvalue weighted by Gasteiger charge is 2.10. The second-order valence-electron chi connectivity index (χ2n) is 4.10. The largest absolute Gasteiger partial charge is 0.321 e. The van der Waals surface area contributed by atoms with Crippen molar-refractivity contribution in [3.63, 3.8) is 0 Å². The molecule has 19 heavy (non-hydrogen) atoms. The molecule has 98 valence electrons. The van der Waals surface area contributed by atoms with Gasteiger partial charge in [0.25, 0.3) is 5.91 Å². The van der Waals surface area contributed by atoms with Gasteiger partial charge in [0.05, 0.1) is 10.7 Å². The second kappa shape index (κ2) is 6.07. The maximum absolute atomic E-state index is 12.1. The van der Waals surface area contributed by atoms with Crippen molar-refractivity contribution in [3.05, 3.63) is 61.5 Å². The Morgan fingerprint density at radius 1 is 1.11 bits per heavy atom. The van der Waals surface area contributed by atoms with Crippen LogP contribution >= 0.6 is 43.5 Å². The maximum Gasteiger partial charge on any atom is 0.255 e. The first kappa shape index (κ1) is 14.6. The van der Waals surface area contributed by atoms with Gasteiger partial charge in [-0.3, -0.25) is 4.79 Å². The lowest BCUT2D eigenvalue weighted by molar-refractivity contribution is 0.102. The molecule has 0 spiro atoms. The molecular weight excluding hydrogens is 393 g/mol. The molecule has 0 aliphatic heterocycles. The molecule has 1 amide bonds. The Kier molecular flexibility index (Phi) is 4.66. The van der Waals surface area contributed by atoms with Gasteiger partial charge in [-0.25, -0.2) is 0 Å². The van der Waals surface area contributed by atoms with Crippen LogP contribution < -0.4 is 5.32 Å². The molecule has 0 bridgehead atoms. The SMILES string of the molecule is Cc1ccc(NC(=O)c2cc(Br)cc(Br)c2)c(Cl)c1. The van der Waals surface area contributed by atoms with Crippen LogP contribution in [-0.2, 0) is 0 Å². The molecule has 1 N–H and O–H groups in total. The molecule has 0 aromatic heterocycles. The minimum absolute atomic E-state index is 0.201. The van der Waals surface area contributed by atoms with Crippen LogP contribution in [0.15, 0.2) is 45.3 Å². The summed E-state index contributed by atoms with van der Waals surface area (Å²) < 4.78 is 1.67. The Labute approximate surface area is 133 Å². The van der Waals surface area contributed by atoms with Crippen molar-refractivity contribution in [3.8, 4) is 0 Å². The second-order valence-corrected chi connectivity index (χ2v) is 6.33. The highest BCUT2D eigenvalue weighted by molar-refractivity contribution is 9.11. The van der Waals surface area contributed by atoms with Crippen molar-refractivity contribution in [2.75, 3.05) is 5.32 Å². The van der Waals surface area contributed by atoms with Crippen LogP contribution in [0.25, 0.3) is 0 Å². The number of nitrogens with one attached hydrogen (secondary N) is 1. The van der Waals surface area contributed by atoms with E-state index >= 15 is 0 Å². The van der Waals surface area contributed by atoms with E-state index in [1.54, 1.807) is 18.2 Å². The van der Waals surface area contributed by atoms with Crippen LogP contribution in [0.5, 0.6) is 0 Å². The third kappa shape index (κ3) is 3.81. The van der Waals surface area contributed by atoms with E-state index in [0.29, 0.717) is 16.3 Å². The average molecular weight is 404 g/mol. The van der Waals surface area contributed by atoms with Gasteiger partial charge in [0.1, 0.15) is 0 Å². The van der Waals surface area contributed by atoms with E-state index in [1.807, 2.05) is 25.1 Å². The monoisotopic (exact) mass is 401 g/mol. The number of anilines is 1. The van der Waals surface area contributed by atoms with Gasteiger partial charge in [0.15, 0.2) is 0 Å². The van der Waals surface area contributed by atoms with Crippen molar-refractivity contribution in [2.45, 2.75) is 6.92 Å². The first-order valence-corrected chi connectivity index (χ1v) is 7.46. The summed E-state index contributed by atoms with van der Waals surface area (Å²) >= 11 is 12.8. The number of benzene rings is 2. The third-order valence-electron chi connectivity index (χ3n) is 2.50. The van der Waals surface area contributed by atoms with Crippen molar-refractivity contribution in [1.82, 2.24) is 0 Å². The smallest absolute Gasteiger partial charge is 0.255 e. The molecule has 0 aliphatic carbocycles. The lowest BCUT2D eigenvalue weighted by Crippen LogP contribution is -2.12. The van der Waals surface area contributed by atoms with E-state index < -0.39 is 0 Å². The molecule has 5 heteroatoms. The molecule has 0 aliphatic rings. The van der Waals surface area contributed by atoms with Gasteiger partial charge >= 0.3 is 0 Å². The molecule has 0 radical (unpaired) electrons. The number of halogens is 3. The number of carbonyl (C=O) groups excluding carboxylic acids is 1. The molecular formula is C14H10Br2ClNO. The Balaban J connectivity index is 2.25. The average Bonchev–Trinajstić information content (AvgIpc) is 2.31. The van der Waals surface area contributed by atoms with Gasteiger partial charge in [0, 0.05) is 14.5 Å². The van der Waals surface area contributed by atoms with Crippen LogP contribution in [0.1, 0.15) is 15.9 Å². The van der Waals surface area contributed by atoms with E-state index in [1.165, 1.54) is 0 Å². The Morgan fingerprint density at radius 3 is 2.32 bits per heavy atom. The van der Waals surface area contributed by atoms with Crippen LogP contribution in [0.2, 0.25) is 5.02 Å². The number of hydrogen-bond acceptors (Lipinski definition) is 1. The van der Waals surface area contributed by atoms with E-state index in [2.05, 4.69) is 37.2 Å². The quantitative estimate of drug-likeness (QED) is 0.712. The molecule has 0 atom stereocenters. The molecule has 2 rings (SSSR count). The number of rotatable bonds is 2. The van der Waals surface area contributed by atoms with Gasteiger partial charge in [-0.15, -0.1) is 0 Å². The summed E-state index contributed by atoms with van der Waals surface area (Å²) in [5, 5.41) is 3.33. The van der Waals surface area contributed by atoms with Crippen molar-refractivity contribution < 1.29 is 4.79 Å². The zero-order valence-corrected chi connectivity index (χ0v) is 13.9. The van der Waals surface area contributed by atoms with Gasteiger partial charge in [-0.1, -0.05) is 49.5 Å². The molecule has 0 heterocycles. The number of aryl methyl sites for hydroxylation is 1. The molecule has 2 aromatic carbocycles. The fourth-order valence-corrected chi connectivity index (χ4v) is 3.18. The van der Waals surface area contributed by atoms with Crippen LogP contribution in [0, 0.1) is 6.92 Å². The maximum atomic E-state index is 12.1. The normalized spacial score (nSPS) is 10.3. The van der Waals surface area contributed by atoms with Crippen molar-refractivity contribution >= 4 is 55.1 Å². The summed E-state index contributed by atoms with van der Waals surface area (Å²) in [4.78, 5) is 12.1. The van der Waals surface area contributed by atoms with Gasteiger partial charge in [-0.2, -0.15) is 0 Å². The topological polar surface area (TPSA) is 29.1 Å². The van der Waals surface area contributed by atoms with Gasteiger partial charge in [0.2, 0.25) is 0 Å². The van der Waals surface area contributed by atoms with Gasteiger partial charge in [-0.05, 0) is 42.8 Å². The summed E-state index contributed by atoms with van der Waals surface area (Å²) in [5.74, 6) is -0.201. The minimum atomic E-state index is -0.201. The Morgan fingerprint density at radius 2 is 1.74 bits per heavy atom. The number of carbonyl (C=O) groups is 1. The van der Waals surface area contributed by atoms with E-state index in [0.717, 1.165) is 14.5 Å². The van der Waals surface area contributed by atoms with Crippen molar-refractivity contribution in [1.29, 1.82) is 0 Å². The van der Waals surface area contributed by atoms with Crippen LogP contribution in [-0.4, -0.2) is 5.91 Å². The fourth-order valence-electron chi connectivity index (χ4n) is 1.60. The first-order chi connectivity index (χ1) is 8.95. The molecule has 2 nitrogen and oxygen atoms in total. The summed E-state index contributed by atoms with van der Waals surface area (Å²) in [6, 6.07) is 10.9. The minimum Gasteiger partial charge on any atom is -0.321 e.